The molecule has 0 aromatic heterocycles. The Kier molecular flexibility index (Phi) is 70.7. The van der Waals surface area contributed by atoms with Crippen LogP contribution in [0.3, 0.4) is 0 Å². The van der Waals surface area contributed by atoms with Gasteiger partial charge in [-0.1, -0.05) is 391 Å². The van der Waals surface area contributed by atoms with Crippen LogP contribution in [0.25, 0.3) is 0 Å². The van der Waals surface area contributed by atoms with Crippen molar-refractivity contribution in [1.29, 1.82) is 0 Å². The number of hydrogen-bond acceptors (Lipinski definition) is 5. The van der Waals surface area contributed by atoms with Crippen molar-refractivity contribution in [3.8, 4) is 0 Å². The molecule has 0 aliphatic carbocycles. The van der Waals surface area contributed by atoms with Gasteiger partial charge in [-0.15, -0.1) is 0 Å². The van der Waals surface area contributed by atoms with Crippen LogP contribution in [0.4, 0.5) is 0 Å². The molecular weight excluding hydrogens is 993 g/mol. The van der Waals surface area contributed by atoms with E-state index in [4.69, 9.17) is 9.47 Å². The summed E-state index contributed by atoms with van der Waals surface area (Å²) in [6.07, 6.45) is 96.4. The lowest BCUT2D eigenvalue weighted by molar-refractivity contribution is -0.161. The summed E-state index contributed by atoms with van der Waals surface area (Å²) in [4.78, 5) is 24.7. The Morgan fingerprint density at radius 1 is 0.284 bits per heavy atom. The molecule has 0 spiro atoms. The van der Waals surface area contributed by atoms with E-state index in [-0.39, 0.29) is 25.2 Å². The van der Waals surface area contributed by atoms with Crippen molar-refractivity contribution in [2.45, 2.75) is 424 Å². The number of carbonyl (C=O) groups excluding carboxylic acids is 2. The van der Waals surface area contributed by atoms with E-state index in [1.165, 1.54) is 347 Å². The number of aliphatic hydroxyl groups is 1. The highest BCUT2D eigenvalue weighted by Crippen LogP contribution is 2.20. The van der Waals surface area contributed by atoms with E-state index in [9.17, 15) is 14.7 Å². The minimum atomic E-state index is -0.768. The standard InChI is InChI=1S/C76H144O5/c1-3-5-7-9-11-13-15-17-19-21-23-25-27-29-31-32-33-34-35-36-37-38-39-40-41-42-43-44-45-47-49-51-53-55-57-59-61-63-65-67-69-71-76(79)81-74(72-77)73-80-75(78)70-68-66-64-62-60-58-56-54-52-50-48-46-30-28-26-24-22-20-18-16-14-12-10-8-6-4-2/h15,17,21,23,27,29,74,77H,3-14,16,18-20,22,24-26,28,30-73H2,1-2H3/b17-15-,23-21-,29-27-. The second-order valence-corrected chi connectivity index (χ2v) is 25.4. The average molecular weight is 1140 g/mol. The second kappa shape index (κ2) is 72.4. The number of rotatable bonds is 70. The van der Waals surface area contributed by atoms with Crippen LogP contribution in [-0.4, -0.2) is 36.4 Å². The second-order valence-electron chi connectivity index (χ2n) is 25.4. The molecule has 0 saturated heterocycles. The van der Waals surface area contributed by atoms with Crippen molar-refractivity contribution in [2.24, 2.45) is 0 Å². The van der Waals surface area contributed by atoms with Crippen LogP contribution in [0.1, 0.15) is 418 Å². The van der Waals surface area contributed by atoms with Crippen LogP contribution in [0.5, 0.6) is 0 Å². The summed E-state index contributed by atoms with van der Waals surface area (Å²) in [5.74, 6) is -0.562. The van der Waals surface area contributed by atoms with Gasteiger partial charge in [-0.3, -0.25) is 9.59 Å². The Hall–Kier alpha value is -1.88. The van der Waals surface area contributed by atoms with Crippen molar-refractivity contribution in [3.05, 3.63) is 36.5 Å². The number of ether oxygens (including phenoxy) is 2. The first kappa shape index (κ1) is 79.1. The third-order valence-electron chi connectivity index (χ3n) is 17.2. The summed E-state index contributed by atoms with van der Waals surface area (Å²) in [5, 5.41) is 9.71. The lowest BCUT2D eigenvalue weighted by atomic mass is 10.0. The number of esters is 2. The zero-order valence-corrected chi connectivity index (χ0v) is 55.1. The summed E-state index contributed by atoms with van der Waals surface area (Å²) in [5.41, 5.74) is 0. The normalized spacial score (nSPS) is 12.3. The van der Waals surface area contributed by atoms with Crippen LogP contribution in [0, 0.1) is 0 Å². The molecule has 0 saturated carbocycles. The largest absolute Gasteiger partial charge is 0.462 e. The Balaban J connectivity index is 3.36. The molecule has 0 aromatic rings. The molecule has 0 radical (unpaired) electrons. The zero-order chi connectivity index (χ0) is 58.4. The fourth-order valence-electron chi connectivity index (χ4n) is 11.6. The SMILES string of the molecule is CCCCCCC/C=C\C/C=C\C/C=C\CCCCCCCCCCCCCCCCCCCCCCCCCCCCC(=O)OC(CO)COC(=O)CCCCCCCCCCCCCCCCCCCCCCCCCCCC. The highest BCUT2D eigenvalue weighted by molar-refractivity contribution is 5.70. The maximum absolute atomic E-state index is 12.4. The number of hydrogen-bond donors (Lipinski definition) is 1. The van der Waals surface area contributed by atoms with E-state index in [2.05, 4.69) is 50.3 Å². The molecular formula is C76H144O5. The van der Waals surface area contributed by atoms with Gasteiger partial charge in [-0.25, -0.2) is 0 Å². The molecule has 0 aliphatic rings. The smallest absolute Gasteiger partial charge is 0.306 e. The maximum Gasteiger partial charge on any atom is 0.306 e. The van der Waals surface area contributed by atoms with Crippen molar-refractivity contribution >= 4 is 11.9 Å². The van der Waals surface area contributed by atoms with Crippen LogP contribution >= 0.6 is 0 Å². The van der Waals surface area contributed by atoms with Gasteiger partial charge < -0.3 is 14.6 Å². The summed E-state index contributed by atoms with van der Waals surface area (Å²) >= 11 is 0. The van der Waals surface area contributed by atoms with Gasteiger partial charge in [0.25, 0.3) is 0 Å². The molecule has 5 heteroatoms. The van der Waals surface area contributed by atoms with Gasteiger partial charge in [-0.05, 0) is 51.4 Å². The van der Waals surface area contributed by atoms with Gasteiger partial charge in [0.05, 0.1) is 6.61 Å². The number of allylic oxidation sites excluding steroid dienone is 6. The highest BCUT2D eigenvalue weighted by Gasteiger charge is 2.16. The fraction of sp³-hybridized carbons (Fsp3) is 0.895. The summed E-state index contributed by atoms with van der Waals surface area (Å²) < 4.78 is 10.8. The molecule has 81 heavy (non-hydrogen) atoms. The van der Waals surface area contributed by atoms with E-state index in [1.54, 1.807) is 0 Å². The first-order valence-corrected chi connectivity index (χ1v) is 37.0. The molecule has 0 fully saturated rings. The van der Waals surface area contributed by atoms with Gasteiger partial charge in [0.2, 0.25) is 0 Å². The minimum Gasteiger partial charge on any atom is -0.462 e. The van der Waals surface area contributed by atoms with Gasteiger partial charge in [0.15, 0.2) is 6.10 Å². The quantitative estimate of drug-likeness (QED) is 0.0373. The molecule has 478 valence electrons. The molecule has 0 amide bonds. The molecule has 1 unspecified atom stereocenters. The Labute approximate surface area is 507 Å². The minimum absolute atomic E-state index is 0.0575. The fourth-order valence-corrected chi connectivity index (χ4v) is 11.6. The summed E-state index contributed by atoms with van der Waals surface area (Å²) in [7, 11) is 0. The third kappa shape index (κ3) is 70.5. The first-order chi connectivity index (χ1) is 40.1. The molecule has 0 aromatic carbocycles. The van der Waals surface area contributed by atoms with Gasteiger partial charge in [-0.2, -0.15) is 0 Å². The molecule has 1 atom stereocenters. The predicted molar refractivity (Wildman–Crippen MR) is 358 cm³/mol. The Morgan fingerprint density at radius 2 is 0.494 bits per heavy atom. The number of aliphatic hydroxyl groups excluding tert-OH is 1. The molecule has 0 heterocycles. The van der Waals surface area contributed by atoms with Crippen LogP contribution in [0.15, 0.2) is 36.5 Å². The van der Waals surface area contributed by atoms with Crippen molar-refractivity contribution < 1.29 is 24.2 Å². The molecule has 1 N–H and O–H groups in total. The maximum atomic E-state index is 12.4. The Morgan fingerprint density at radius 3 is 0.741 bits per heavy atom. The Bertz CT molecular complexity index is 1290. The lowest BCUT2D eigenvalue weighted by Crippen LogP contribution is -2.28. The van der Waals surface area contributed by atoms with Crippen LogP contribution in [-0.2, 0) is 19.1 Å². The molecule has 0 aliphatic heterocycles. The molecule has 0 bridgehead atoms. The third-order valence-corrected chi connectivity index (χ3v) is 17.2. The van der Waals surface area contributed by atoms with Gasteiger partial charge in [0.1, 0.15) is 6.61 Å². The van der Waals surface area contributed by atoms with Crippen molar-refractivity contribution in [3.63, 3.8) is 0 Å². The highest BCUT2D eigenvalue weighted by atomic mass is 16.6. The molecule has 5 nitrogen and oxygen atoms in total. The average Bonchev–Trinajstić information content (AvgIpc) is 3.47. The van der Waals surface area contributed by atoms with E-state index in [0.29, 0.717) is 12.8 Å². The van der Waals surface area contributed by atoms with Gasteiger partial charge in [0, 0.05) is 12.8 Å². The van der Waals surface area contributed by atoms with E-state index < -0.39 is 6.10 Å². The van der Waals surface area contributed by atoms with E-state index in [1.807, 2.05) is 0 Å². The van der Waals surface area contributed by atoms with E-state index >= 15 is 0 Å². The van der Waals surface area contributed by atoms with Crippen molar-refractivity contribution in [1.82, 2.24) is 0 Å². The van der Waals surface area contributed by atoms with Crippen molar-refractivity contribution in [2.75, 3.05) is 13.2 Å². The molecule has 0 rings (SSSR count). The summed E-state index contributed by atoms with van der Waals surface area (Å²) in [6, 6.07) is 0. The predicted octanol–water partition coefficient (Wildman–Crippen LogP) is 25.7. The monoisotopic (exact) mass is 1140 g/mol. The summed E-state index contributed by atoms with van der Waals surface area (Å²) in [6.45, 7) is 4.20. The van der Waals surface area contributed by atoms with Crippen LogP contribution < -0.4 is 0 Å². The number of carbonyl (C=O) groups is 2. The lowest BCUT2D eigenvalue weighted by Gasteiger charge is -2.15. The first-order valence-electron chi connectivity index (χ1n) is 37.0. The topological polar surface area (TPSA) is 72.8 Å². The zero-order valence-electron chi connectivity index (χ0n) is 55.1. The van der Waals surface area contributed by atoms with Gasteiger partial charge >= 0.3 is 11.9 Å². The van der Waals surface area contributed by atoms with Crippen LogP contribution in [0.2, 0.25) is 0 Å². The van der Waals surface area contributed by atoms with E-state index in [0.717, 1.165) is 44.9 Å². The number of unbranched alkanes of at least 4 members (excludes halogenated alkanes) is 56.